The molecule has 1 aromatic carbocycles. The third kappa shape index (κ3) is 4.57. The van der Waals surface area contributed by atoms with Crippen LogP contribution in [0.4, 0.5) is 0 Å². The summed E-state index contributed by atoms with van der Waals surface area (Å²) in [4.78, 5) is 2.37. The lowest BCUT2D eigenvalue weighted by molar-refractivity contribution is 0.276. The van der Waals surface area contributed by atoms with E-state index in [0.29, 0.717) is 5.88 Å². The first-order valence-corrected chi connectivity index (χ1v) is 6.66. The first-order valence-electron chi connectivity index (χ1n) is 6.13. The van der Waals surface area contributed by atoms with Crippen molar-refractivity contribution in [2.45, 2.75) is 26.8 Å². The van der Waals surface area contributed by atoms with Crippen LogP contribution in [0.25, 0.3) is 0 Å². The van der Waals surface area contributed by atoms with Crippen molar-refractivity contribution in [2.75, 3.05) is 26.1 Å². The summed E-state index contributed by atoms with van der Waals surface area (Å²) in [6, 6.07) is 6.30. The number of aryl methyl sites for hydroxylation is 1. The Kier molecular flexibility index (Phi) is 6.38. The zero-order chi connectivity index (χ0) is 12.7. The minimum atomic E-state index is 0.675. The molecule has 0 radical (unpaired) electrons. The van der Waals surface area contributed by atoms with E-state index in [1.54, 1.807) is 7.11 Å². The first-order chi connectivity index (χ1) is 8.21. The number of benzene rings is 1. The molecule has 0 spiro atoms. The molecule has 17 heavy (non-hydrogen) atoms. The second-order valence-electron chi connectivity index (χ2n) is 4.28. The molecule has 0 saturated carbocycles. The average molecular weight is 256 g/mol. The smallest absolute Gasteiger partial charge is 0.123 e. The second-order valence-corrected chi connectivity index (χ2v) is 4.66. The summed E-state index contributed by atoms with van der Waals surface area (Å²) in [5.74, 6) is 1.64. The van der Waals surface area contributed by atoms with Crippen LogP contribution in [0.15, 0.2) is 18.2 Å². The van der Waals surface area contributed by atoms with E-state index >= 15 is 0 Å². The number of nitrogens with zero attached hydrogens (tertiary/aromatic N) is 1. The van der Waals surface area contributed by atoms with E-state index in [2.05, 4.69) is 30.9 Å². The molecule has 0 bridgehead atoms. The largest absolute Gasteiger partial charge is 0.496 e. The highest BCUT2D eigenvalue weighted by atomic mass is 35.5. The maximum atomic E-state index is 5.83. The standard InChI is InChI=1S/C14H22ClNO/c1-4-8-16(9-7-15)11-13-10-12(2)5-6-14(13)17-3/h5-6,10H,4,7-9,11H2,1-3H3. The predicted octanol–water partition coefficient (Wildman–Crippen LogP) is 3.45. The van der Waals surface area contributed by atoms with Gasteiger partial charge in [0.05, 0.1) is 7.11 Å². The average Bonchev–Trinajstić information content (AvgIpc) is 2.30. The maximum absolute atomic E-state index is 5.83. The number of halogens is 1. The molecule has 0 atom stereocenters. The van der Waals surface area contributed by atoms with Gasteiger partial charge in [-0.2, -0.15) is 0 Å². The van der Waals surface area contributed by atoms with Crippen molar-refractivity contribution in [3.05, 3.63) is 29.3 Å². The molecular formula is C14H22ClNO. The molecule has 0 saturated heterocycles. The number of hydrogen-bond acceptors (Lipinski definition) is 2. The summed E-state index contributed by atoms with van der Waals surface area (Å²) < 4.78 is 5.40. The molecule has 0 amide bonds. The lowest BCUT2D eigenvalue weighted by Gasteiger charge is -2.22. The van der Waals surface area contributed by atoms with Crippen molar-refractivity contribution in [3.63, 3.8) is 0 Å². The van der Waals surface area contributed by atoms with E-state index in [1.165, 1.54) is 11.1 Å². The Morgan fingerprint density at radius 3 is 2.65 bits per heavy atom. The van der Waals surface area contributed by atoms with Gasteiger partial charge in [0, 0.05) is 24.5 Å². The summed E-state index contributed by atoms with van der Waals surface area (Å²) >= 11 is 5.83. The van der Waals surface area contributed by atoms with Crippen LogP contribution < -0.4 is 4.74 Å². The summed E-state index contributed by atoms with van der Waals surface area (Å²) in [7, 11) is 1.72. The molecule has 0 aliphatic heterocycles. The lowest BCUT2D eigenvalue weighted by Crippen LogP contribution is -2.26. The van der Waals surface area contributed by atoms with Crippen LogP contribution in [0.5, 0.6) is 5.75 Å². The van der Waals surface area contributed by atoms with Gasteiger partial charge in [-0.25, -0.2) is 0 Å². The highest BCUT2D eigenvalue weighted by molar-refractivity contribution is 6.18. The normalized spacial score (nSPS) is 10.9. The van der Waals surface area contributed by atoms with Crippen molar-refractivity contribution < 1.29 is 4.74 Å². The molecule has 0 aliphatic carbocycles. The molecule has 0 N–H and O–H groups in total. The molecule has 96 valence electrons. The molecule has 0 fully saturated rings. The first kappa shape index (κ1) is 14.3. The van der Waals surface area contributed by atoms with Crippen LogP contribution >= 0.6 is 11.6 Å². The Balaban J connectivity index is 2.79. The van der Waals surface area contributed by atoms with Crippen LogP contribution in [-0.4, -0.2) is 31.0 Å². The van der Waals surface area contributed by atoms with Crippen molar-refractivity contribution >= 4 is 11.6 Å². The molecule has 2 nitrogen and oxygen atoms in total. The van der Waals surface area contributed by atoms with Gasteiger partial charge in [0.1, 0.15) is 5.75 Å². The summed E-state index contributed by atoms with van der Waals surface area (Å²) in [6.45, 7) is 7.20. The molecular weight excluding hydrogens is 234 g/mol. The van der Waals surface area contributed by atoms with Gasteiger partial charge >= 0.3 is 0 Å². The van der Waals surface area contributed by atoms with Crippen molar-refractivity contribution in [1.29, 1.82) is 0 Å². The molecule has 1 rings (SSSR count). The summed E-state index contributed by atoms with van der Waals surface area (Å²) in [6.07, 6.45) is 1.14. The Bertz CT molecular complexity index is 335. The van der Waals surface area contributed by atoms with Gasteiger partial charge < -0.3 is 4.74 Å². The molecule has 0 heterocycles. The highest BCUT2D eigenvalue weighted by Crippen LogP contribution is 2.21. The zero-order valence-electron chi connectivity index (χ0n) is 11.0. The Hall–Kier alpha value is -0.730. The van der Waals surface area contributed by atoms with Crippen LogP contribution in [0.1, 0.15) is 24.5 Å². The van der Waals surface area contributed by atoms with E-state index in [-0.39, 0.29) is 0 Å². The van der Waals surface area contributed by atoms with Crippen LogP contribution in [-0.2, 0) is 6.54 Å². The van der Waals surface area contributed by atoms with Gasteiger partial charge in [-0.05, 0) is 26.0 Å². The number of rotatable bonds is 7. The minimum Gasteiger partial charge on any atom is -0.496 e. The molecule has 0 unspecified atom stereocenters. The van der Waals surface area contributed by atoms with Crippen LogP contribution in [0.2, 0.25) is 0 Å². The molecule has 3 heteroatoms. The van der Waals surface area contributed by atoms with Gasteiger partial charge in [-0.3, -0.25) is 4.90 Å². The lowest BCUT2D eigenvalue weighted by atomic mass is 10.1. The Labute approximate surface area is 110 Å². The SMILES string of the molecule is CCCN(CCCl)Cc1cc(C)ccc1OC. The van der Waals surface area contributed by atoms with Gasteiger partial charge in [0.25, 0.3) is 0 Å². The number of hydrogen-bond donors (Lipinski definition) is 0. The third-order valence-electron chi connectivity index (χ3n) is 2.77. The van der Waals surface area contributed by atoms with Crippen LogP contribution in [0, 0.1) is 6.92 Å². The zero-order valence-corrected chi connectivity index (χ0v) is 11.8. The van der Waals surface area contributed by atoms with Gasteiger partial charge in [-0.1, -0.05) is 24.6 Å². The highest BCUT2D eigenvalue weighted by Gasteiger charge is 2.09. The number of methoxy groups -OCH3 is 1. The van der Waals surface area contributed by atoms with E-state index in [9.17, 15) is 0 Å². The molecule has 0 aromatic heterocycles. The minimum absolute atomic E-state index is 0.675. The van der Waals surface area contributed by atoms with Gasteiger partial charge in [-0.15, -0.1) is 11.6 Å². The Morgan fingerprint density at radius 1 is 1.29 bits per heavy atom. The second kappa shape index (κ2) is 7.57. The fraction of sp³-hybridized carbons (Fsp3) is 0.571. The number of alkyl halides is 1. The fourth-order valence-corrected chi connectivity index (χ4v) is 2.22. The summed E-state index contributed by atoms with van der Waals surface area (Å²) in [5.41, 5.74) is 2.51. The van der Waals surface area contributed by atoms with E-state index in [0.717, 1.165) is 31.8 Å². The fourth-order valence-electron chi connectivity index (χ4n) is 1.98. The summed E-state index contributed by atoms with van der Waals surface area (Å²) in [5, 5.41) is 0. The Morgan fingerprint density at radius 2 is 2.06 bits per heavy atom. The maximum Gasteiger partial charge on any atom is 0.123 e. The van der Waals surface area contributed by atoms with Crippen LogP contribution in [0.3, 0.4) is 0 Å². The van der Waals surface area contributed by atoms with Crippen molar-refractivity contribution in [1.82, 2.24) is 4.90 Å². The van der Waals surface area contributed by atoms with Gasteiger partial charge in [0.15, 0.2) is 0 Å². The van der Waals surface area contributed by atoms with Crippen molar-refractivity contribution in [2.24, 2.45) is 0 Å². The third-order valence-corrected chi connectivity index (χ3v) is 2.94. The molecule has 0 aliphatic rings. The van der Waals surface area contributed by atoms with E-state index in [1.807, 2.05) is 6.07 Å². The predicted molar refractivity (Wildman–Crippen MR) is 74.0 cm³/mol. The molecule has 1 aromatic rings. The van der Waals surface area contributed by atoms with Crippen molar-refractivity contribution in [3.8, 4) is 5.75 Å². The quantitative estimate of drug-likeness (QED) is 0.692. The van der Waals surface area contributed by atoms with E-state index < -0.39 is 0 Å². The van der Waals surface area contributed by atoms with E-state index in [4.69, 9.17) is 16.3 Å². The monoisotopic (exact) mass is 255 g/mol. The topological polar surface area (TPSA) is 12.5 Å². The number of ether oxygens (including phenoxy) is 1. The van der Waals surface area contributed by atoms with Gasteiger partial charge in [0.2, 0.25) is 0 Å².